The SMILES string of the molecule is CCNc1ccc(N2CCN(C(=O)C3CCN(S(C)(=O)=O)CC3)CC2)nn1. The van der Waals surface area contributed by atoms with Crippen LogP contribution in [0.1, 0.15) is 19.8 Å². The van der Waals surface area contributed by atoms with Gasteiger partial charge in [-0.3, -0.25) is 4.79 Å². The van der Waals surface area contributed by atoms with Crippen molar-refractivity contribution in [2.75, 3.05) is 62.3 Å². The molecule has 27 heavy (non-hydrogen) atoms. The predicted molar refractivity (Wildman–Crippen MR) is 104 cm³/mol. The summed E-state index contributed by atoms with van der Waals surface area (Å²) >= 11 is 0. The summed E-state index contributed by atoms with van der Waals surface area (Å²) in [6.45, 7) is 6.44. The number of hydrogen-bond acceptors (Lipinski definition) is 7. The van der Waals surface area contributed by atoms with Crippen molar-refractivity contribution < 1.29 is 13.2 Å². The lowest BCUT2D eigenvalue weighted by atomic mass is 9.96. The van der Waals surface area contributed by atoms with Crippen molar-refractivity contribution in [1.82, 2.24) is 19.4 Å². The molecule has 0 unspecified atom stereocenters. The van der Waals surface area contributed by atoms with Gasteiger partial charge in [-0.05, 0) is 31.9 Å². The minimum Gasteiger partial charge on any atom is -0.369 e. The average Bonchev–Trinajstić information content (AvgIpc) is 2.68. The van der Waals surface area contributed by atoms with E-state index in [1.807, 2.05) is 24.0 Å². The van der Waals surface area contributed by atoms with Crippen LogP contribution < -0.4 is 10.2 Å². The number of nitrogens with one attached hydrogen (secondary N) is 1. The lowest BCUT2D eigenvalue weighted by molar-refractivity contribution is -0.137. The molecule has 3 heterocycles. The van der Waals surface area contributed by atoms with Crippen LogP contribution in [0.5, 0.6) is 0 Å². The highest BCUT2D eigenvalue weighted by Gasteiger charge is 2.32. The van der Waals surface area contributed by atoms with Crippen molar-refractivity contribution in [2.24, 2.45) is 5.92 Å². The number of anilines is 2. The minimum atomic E-state index is -3.16. The topological polar surface area (TPSA) is 98.7 Å². The van der Waals surface area contributed by atoms with Crippen LogP contribution in [0, 0.1) is 5.92 Å². The number of sulfonamides is 1. The third-order valence-corrected chi connectivity index (χ3v) is 6.50. The van der Waals surface area contributed by atoms with Crippen molar-refractivity contribution in [1.29, 1.82) is 0 Å². The molecule has 1 N–H and O–H groups in total. The zero-order valence-corrected chi connectivity index (χ0v) is 16.8. The molecule has 2 fully saturated rings. The van der Waals surface area contributed by atoms with E-state index in [2.05, 4.69) is 20.4 Å². The Labute approximate surface area is 160 Å². The number of piperazine rings is 1. The van der Waals surface area contributed by atoms with Crippen molar-refractivity contribution in [3.8, 4) is 0 Å². The van der Waals surface area contributed by atoms with Crippen LogP contribution in [0.4, 0.5) is 11.6 Å². The Kier molecular flexibility index (Phi) is 6.15. The highest BCUT2D eigenvalue weighted by molar-refractivity contribution is 7.88. The number of hydrogen-bond donors (Lipinski definition) is 1. The molecule has 10 heteroatoms. The lowest BCUT2D eigenvalue weighted by Crippen LogP contribution is -2.52. The van der Waals surface area contributed by atoms with Gasteiger partial charge in [0.05, 0.1) is 6.26 Å². The summed E-state index contributed by atoms with van der Waals surface area (Å²) in [4.78, 5) is 16.8. The molecule has 0 bridgehead atoms. The molecule has 0 aromatic carbocycles. The van der Waals surface area contributed by atoms with E-state index in [-0.39, 0.29) is 11.8 Å². The van der Waals surface area contributed by atoms with Gasteiger partial charge in [0, 0.05) is 51.7 Å². The fourth-order valence-corrected chi connectivity index (χ4v) is 4.49. The van der Waals surface area contributed by atoms with Crippen molar-refractivity contribution >= 4 is 27.6 Å². The first-order valence-corrected chi connectivity index (χ1v) is 11.3. The average molecular weight is 397 g/mol. The first kappa shape index (κ1) is 19.8. The van der Waals surface area contributed by atoms with Crippen molar-refractivity contribution in [3.05, 3.63) is 12.1 Å². The Hall–Kier alpha value is -1.94. The van der Waals surface area contributed by atoms with E-state index in [9.17, 15) is 13.2 Å². The smallest absolute Gasteiger partial charge is 0.225 e. The minimum absolute atomic E-state index is 0.0752. The number of carbonyl (C=O) groups is 1. The third kappa shape index (κ3) is 4.86. The van der Waals surface area contributed by atoms with Gasteiger partial charge < -0.3 is 15.1 Å². The van der Waals surface area contributed by atoms with E-state index in [1.165, 1.54) is 10.6 Å². The first-order chi connectivity index (χ1) is 12.9. The molecule has 0 atom stereocenters. The fourth-order valence-electron chi connectivity index (χ4n) is 3.62. The summed E-state index contributed by atoms with van der Waals surface area (Å²) in [7, 11) is -3.16. The standard InChI is InChI=1S/C17H28N6O3S/c1-3-18-15-4-5-16(20-19-15)21-10-12-22(13-11-21)17(24)14-6-8-23(9-7-14)27(2,25)26/h4-5,14H,3,6-13H2,1-2H3,(H,18,19). The van der Waals surface area contributed by atoms with Crippen LogP contribution >= 0.6 is 0 Å². The molecule has 2 aliphatic rings. The first-order valence-electron chi connectivity index (χ1n) is 9.45. The lowest BCUT2D eigenvalue weighted by Gasteiger charge is -2.38. The maximum absolute atomic E-state index is 12.8. The number of nitrogens with zero attached hydrogens (tertiary/aromatic N) is 5. The Morgan fingerprint density at radius 3 is 2.30 bits per heavy atom. The molecule has 0 aliphatic carbocycles. The second-order valence-corrected chi connectivity index (χ2v) is 9.04. The molecule has 0 spiro atoms. The number of amides is 1. The third-order valence-electron chi connectivity index (χ3n) is 5.20. The van der Waals surface area contributed by atoms with Gasteiger partial charge in [-0.1, -0.05) is 0 Å². The summed E-state index contributed by atoms with van der Waals surface area (Å²) < 4.78 is 24.7. The van der Waals surface area contributed by atoms with Crippen LogP contribution in [-0.2, 0) is 14.8 Å². The zero-order chi connectivity index (χ0) is 19.4. The molecule has 1 aromatic heterocycles. The summed E-state index contributed by atoms with van der Waals surface area (Å²) in [5.41, 5.74) is 0. The van der Waals surface area contributed by atoms with Gasteiger partial charge in [0.25, 0.3) is 0 Å². The van der Waals surface area contributed by atoms with Crippen LogP contribution in [0.2, 0.25) is 0 Å². The van der Waals surface area contributed by atoms with E-state index in [4.69, 9.17) is 0 Å². The zero-order valence-electron chi connectivity index (χ0n) is 16.0. The van der Waals surface area contributed by atoms with Crippen LogP contribution in [-0.4, -0.2) is 85.8 Å². The Balaban J connectivity index is 1.49. The Morgan fingerprint density at radius 2 is 1.78 bits per heavy atom. The Morgan fingerprint density at radius 1 is 1.11 bits per heavy atom. The van der Waals surface area contributed by atoms with Gasteiger partial charge in [0.1, 0.15) is 5.82 Å². The highest BCUT2D eigenvalue weighted by Crippen LogP contribution is 2.23. The molecule has 1 aromatic rings. The predicted octanol–water partition coefficient (Wildman–Crippen LogP) is 0.229. The van der Waals surface area contributed by atoms with Gasteiger partial charge in [-0.2, -0.15) is 0 Å². The second kappa shape index (κ2) is 8.39. The van der Waals surface area contributed by atoms with Crippen molar-refractivity contribution in [2.45, 2.75) is 19.8 Å². The largest absolute Gasteiger partial charge is 0.369 e. The molecular formula is C17H28N6O3S. The van der Waals surface area contributed by atoms with Gasteiger partial charge in [0.2, 0.25) is 15.9 Å². The number of piperidine rings is 1. The normalized spacial score (nSPS) is 19.9. The van der Waals surface area contributed by atoms with E-state index in [0.29, 0.717) is 39.0 Å². The number of rotatable bonds is 5. The molecule has 2 saturated heterocycles. The summed E-state index contributed by atoms with van der Waals surface area (Å²) in [6.07, 6.45) is 2.43. The Bertz CT molecular complexity index is 738. The van der Waals surface area contributed by atoms with E-state index in [1.54, 1.807) is 0 Å². The van der Waals surface area contributed by atoms with Gasteiger partial charge in [-0.25, -0.2) is 12.7 Å². The molecule has 150 valence electrons. The monoisotopic (exact) mass is 396 g/mol. The molecular weight excluding hydrogens is 368 g/mol. The number of aromatic nitrogens is 2. The summed E-state index contributed by atoms with van der Waals surface area (Å²) in [5.74, 6) is 1.66. The van der Waals surface area contributed by atoms with Crippen LogP contribution in [0.25, 0.3) is 0 Å². The quantitative estimate of drug-likeness (QED) is 0.761. The molecule has 0 saturated carbocycles. The molecule has 1 amide bonds. The van der Waals surface area contributed by atoms with Gasteiger partial charge >= 0.3 is 0 Å². The summed E-state index contributed by atoms with van der Waals surface area (Å²) in [5, 5.41) is 11.5. The maximum atomic E-state index is 12.8. The van der Waals surface area contributed by atoms with Crippen LogP contribution in [0.15, 0.2) is 12.1 Å². The van der Waals surface area contributed by atoms with Crippen molar-refractivity contribution in [3.63, 3.8) is 0 Å². The molecule has 9 nitrogen and oxygen atoms in total. The van der Waals surface area contributed by atoms with E-state index in [0.717, 1.165) is 31.3 Å². The maximum Gasteiger partial charge on any atom is 0.225 e. The highest BCUT2D eigenvalue weighted by atomic mass is 32.2. The van der Waals surface area contributed by atoms with Crippen LogP contribution in [0.3, 0.4) is 0 Å². The molecule has 0 radical (unpaired) electrons. The second-order valence-electron chi connectivity index (χ2n) is 7.06. The summed E-state index contributed by atoms with van der Waals surface area (Å²) in [6, 6.07) is 3.86. The fraction of sp³-hybridized carbons (Fsp3) is 0.706. The number of carbonyl (C=O) groups excluding carboxylic acids is 1. The molecule has 2 aliphatic heterocycles. The molecule has 3 rings (SSSR count). The van der Waals surface area contributed by atoms with Gasteiger partial charge in [-0.15, -0.1) is 10.2 Å². The van der Waals surface area contributed by atoms with Gasteiger partial charge in [0.15, 0.2) is 5.82 Å². The van der Waals surface area contributed by atoms with E-state index >= 15 is 0 Å². The van der Waals surface area contributed by atoms with E-state index < -0.39 is 10.0 Å².